The number of aromatic hydroxyl groups is 1. The van der Waals surface area contributed by atoms with E-state index in [9.17, 15) is 20.0 Å². The van der Waals surface area contributed by atoms with Crippen molar-refractivity contribution in [3.63, 3.8) is 0 Å². The van der Waals surface area contributed by atoms with Crippen LogP contribution in [0.2, 0.25) is 0 Å². The number of Topliss-reactive ketones (excluding diaryl/α,β-unsaturated/α-hetero) is 1. The van der Waals surface area contributed by atoms with Crippen LogP contribution in [-0.2, 0) is 0 Å². The molecule has 0 spiro atoms. The largest absolute Gasteiger partial charge is 0.494 e. The molecular weight excluding hydrogens is 375 g/mol. The lowest BCUT2D eigenvalue weighted by Gasteiger charge is -2.20. The molecule has 3 atom stereocenters. The van der Waals surface area contributed by atoms with E-state index in [-0.39, 0.29) is 50.2 Å². The van der Waals surface area contributed by atoms with Gasteiger partial charge in [-0.3, -0.25) is 14.2 Å². The molecule has 0 aromatic carbocycles. The number of hydrogen-bond acceptors (Lipinski definition) is 4. The summed E-state index contributed by atoms with van der Waals surface area (Å²) in [6, 6.07) is 1.53. The molecule has 1 heterocycles. The average Bonchev–Trinajstić information content (AvgIpc) is 3.06. The Balaban J connectivity index is 2.68. The van der Waals surface area contributed by atoms with E-state index >= 15 is 0 Å². The van der Waals surface area contributed by atoms with Crippen molar-refractivity contribution in [1.82, 2.24) is 4.57 Å². The van der Waals surface area contributed by atoms with Crippen LogP contribution in [0.3, 0.4) is 0 Å². The first-order valence-electron chi connectivity index (χ1n) is 8.45. The zero-order chi connectivity index (χ0) is 20.0. The SMILES string of the molecule is CCC(C)n1c(O)c(C(=O)C2C(C=C(Cl)Cl)C2(C)C)c(C)c(C#N)c1=O. The molecule has 2 rings (SSSR count). The molecule has 3 unspecified atom stereocenters. The van der Waals surface area contributed by atoms with Crippen LogP contribution in [0.1, 0.15) is 61.6 Å². The highest BCUT2D eigenvalue weighted by Crippen LogP contribution is 2.61. The van der Waals surface area contributed by atoms with Crippen LogP contribution < -0.4 is 5.56 Å². The number of allylic oxidation sites excluding steroid dienone is 1. The molecule has 1 aromatic rings. The number of aromatic nitrogens is 1. The maximum Gasteiger partial charge on any atom is 0.271 e. The van der Waals surface area contributed by atoms with Crippen molar-refractivity contribution in [2.45, 2.75) is 47.1 Å². The van der Waals surface area contributed by atoms with Gasteiger partial charge >= 0.3 is 0 Å². The molecule has 0 saturated heterocycles. The maximum atomic E-state index is 13.2. The Bertz CT molecular complexity index is 890. The predicted molar refractivity (Wildman–Crippen MR) is 102 cm³/mol. The Morgan fingerprint density at radius 3 is 2.50 bits per heavy atom. The summed E-state index contributed by atoms with van der Waals surface area (Å²) < 4.78 is 1.22. The molecule has 1 aliphatic rings. The molecule has 0 aliphatic heterocycles. The Kier molecular flexibility index (Phi) is 5.60. The summed E-state index contributed by atoms with van der Waals surface area (Å²) in [6.07, 6.45) is 2.19. The third kappa shape index (κ3) is 3.17. The normalized spacial score (nSPS) is 21.6. The fourth-order valence-electron chi connectivity index (χ4n) is 3.59. The van der Waals surface area contributed by atoms with E-state index in [0.29, 0.717) is 6.42 Å². The molecule has 7 heteroatoms. The van der Waals surface area contributed by atoms with Crippen molar-refractivity contribution in [2.75, 3.05) is 0 Å². The molecule has 1 N–H and O–H groups in total. The summed E-state index contributed by atoms with van der Waals surface area (Å²) in [5.74, 6) is -1.30. The number of nitriles is 1. The number of carbonyl (C=O) groups excluding carboxylic acids is 1. The smallest absolute Gasteiger partial charge is 0.271 e. The molecule has 0 amide bonds. The zero-order valence-electron chi connectivity index (χ0n) is 15.4. The van der Waals surface area contributed by atoms with Crippen LogP contribution in [0.25, 0.3) is 0 Å². The van der Waals surface area contributed by atoms with Crippen LogP contribution in [0.4, 0.5) is 0 Å². The molecule has 140 valence electrons. The van der Waals surface area contributed by atoms with Crippen LogP contribution in [0.15, 0.2) is 15.4 Å². The maximum absolute atomic E-state index is 13.2. The molecule has 5 nitrogen and oxygen atoms in total. The molecule has 0 radical (unpaired) electrons. The van der Waals surface area contributed by atoms with Gasteiger partial charge in [0.05, 0.1) is 5.56 Å². The summed E-state index contributed by atoms with van der Waals surface area (Å²) in [4.78, 5) is 25.8. The van der Waals surface area contributed by atoms with Crippen molar-refractivity contribution < 1.29 is 9.90 Å². The van der Waals surface area contributed by atoms with Gasteiger partial charge in [-0.1, -0.05) is 44.0 Å². The zero-order valence-corrected chi connectivity index (χ0v) is 16.9. The molecule has 1 aliphatic carbocycles. The number of ketones is 1. The lowest BCUT2D eigenvalue weighted by Crippen LogP contribution is -2.29. The highest BCUT2D eigenvalue weighted by molar-refractivity contribution is 6.55. The van der Waals surface area contributed by atoms with Crippen molar-refractivity contribution in [1.29, 1.82) is 5.26 Å². The fraction of sp³-hybridized carbons (Fsp3) is 0.526. The Morgan fingerprint density at radius 1 is 1.46 bits per heavy atom. The number of pyridine rings is 1. The first-order chi connectivity index (χ1) is 12.0. The summed E-state index contributed by atoms with van der Waals surface area (Å²) in [5, 5.41) is 20.1. The van der Waals surface area contributed by atoms with E-state index in [1.54, 1.807) is 13.0 Å². The van der Waals surface area contributed by atoms with Crippen molar-refractivity contribution in [3.8, 4) is 11.9 Å². The average molecular weight is 397 g/mol. The van der Waals surface area contributed by atoms with Crippen LogP contribution in [0, 0.1) is 35.5 Å². The summed E-state index contributed by atoms with van der Waals surface area (Å²) in [7, 11) is 0. The Labute approximate surface area is 162 Å². The number of hydrogen-bond donors (Lipinski definition) is 1. The molecule has 1 fully saturated rings. The van der Waals surface area contributed by atoms with Crippen molar-refractivity contribution in [2.24, 2.45) is 17.3 Å². The molecule has 1 saturated carbocycles. The van der Waals surface area contributed by atoms with E-state index in [1.165, 1.54) is 6.92 Å². The lowest BCUT2D eigenvalue weighted by atomic mass is 9.95. The first kappa shape index (κ1) is 20.5. The van der Waals surface area contributed by atoms with Crippen LogP contribution >= 0.6 is 23.2 Å². The second kappa shape index (κ2) is 7.09. The van der Waals surface area contributed by atoms with Gasteiger partial charge in [-0.15, -0.1) is 0 Å². The topological polar surface area (TPSA) is 83.1 Å². The summed E-state index contributed by atoms with van der Waals surface area (Å²) in [6.45, 7) is 8.96. The van der Waals surface area contributed by atoms with Gasteiger partial charge in [0.1, 0.15) is 16.1 Å². The van der Waals surface area contributed by atoms with Gasteiger partial charge in [-0.25, -0.2) is 0 Å². The quantitative estimate of drug-likeness (QED) is 0.743. The van der Waals surface area contributed by atoms with Crippen LogP contribution in [-0.4, -0.2) is 15.5 Å². The number of halogens is 2. The van der Waals surface area contributed by atoms with E-state index in [1.807, 2.05) is 26.8 Å². The summed E-state index contributed by atoms with van der Waals surface area (Å²) >= 11 is 11.5. The minimum absolute atomic E-state index is 0.0288. The number of rotatable bonds is 5. The van der Waals surface area contributed by atoms with Gasteiger partial charge < -0.3 is 5.11 Å². The second-order valence-electron chi connectivity index (χ2n) is 7.39. The molecule has 0 bridgehead atoms. The lowest BCUT2D eigenvalue weighted by molar-refractivity contribution is 0.0945. The Hall–Kier alpha value is -1.77. The first-order valence-corrected chi connectivity index (χ1v) is 9.21. The highest BCUT2D eigenvalue weighted by Gasteiger charge is 2.61. The fourth-order valence-corrected chi connectivity index (χ4v) is 3.86. The minimum Gasteiger partial charge on any atom is -0.494 e. The molecular formula is C19H22Cl2N2O3. The van der Waals surface area contributed by atoms with Gasteiger partial charge in [0.25, 0.3) is 5.56 Å². The predicted octanol–water partition coefficient (Wildman–Crippen LogP) is 4.48. The van der Waals surface area contributed by atoms with Gasteiger partial charge in [0, 0.05) is 12.0 Å². The van der Waals surface area contributed by atoms with Crippen molar-refractivity contribution in [3.05, 3.63) is 37.6 Å². The number of carbonyl (C=O) groups is 1. The van der Waals surface area contributed by atoms with E-state index < -0.39 is 11.5 Å². The standard InChI is InChI=1S/C19H22Cl2N2O3/c1-6-9(2)23-17(25)11(8-22)10(3)14(18(23)26)16(24)15-12(7-13(20)21)19(15,4)5/h7,9,12,15,26H,6H2,1-5H3. The third-order valence-corrected chi connectivity index (χ3v) is 5.77. The van der Waals surface area contributed by atoms with E-state index in [4.69, 9.17) is 23.2 Å². The Morgan fingerprint density at radius 2 is 2.04 bits per heavy atom. The highest BCUT2D eigenvalue weighted by atomic mass is 35.5. The van der Waals surface area contributed by atoms with E-state index in [0.717, 1.165) is 4.57 Å². The van der Waals surface area contributed by atoms with E-state index in [2.05, 4.69) is 0 Å². The minimum atomic E-state index is -0.580. The molecule has 1 aromatic heterocycles. The van der Waals surface area contributed by atoms with Gasteiger partial charge in [-0.05, 0) is 43.2 Å². The summed E-state index contributed by atoms with van der Waals surface area (Å²) in [5.41, 5.74) is -0.839. The number of nitrogens with zero attached hydrogens (tertiary/aromatic N) is 2. The van der Waals surface area contributed by atoms with Gasteiger partial charge in [-0.2, -0.15) is 5.26 Å². The third-order valence-electron chi connectivity index (χ3n) is 5.52. The molecule has 26 heavy (non-hydrogen) atoms. The van der Waals surface area contributed by atoms with Crippen LogP contribution in [0.5, 0.6) is 5.88 Å². The monoisotopic (exact) mass is 396 g/mol. The second-order valence-corrected chi connectivity index (χ2v) is 8.40. The van der Waals surface area contributed by atoms with Gasteiger partial charge in [0.2, 0.25) is 5.88 Å². The van der Waals surface area contributed by atoms with Crippen molar-refractivity contribution >= 4 is 29.0 Å². The van der Waals surface area contributed by atoms with Gasteiger partial charge in [0.15, 0.2) is 5.78 Å².